The van der Waals surface area contributed by atoms with Gasteiger partial charge in [0.15, 0.2) is 0 Å². The number of ether oxygens (including phenoxy) is 2. The molecule has 1 aliphatic rings. The average molecular weight is 272 g/mol. The van der Waals surface area contributed by atoms with E-state index in [1.165, 1.54) is 27.1 Å². The highest BCUT2D eigenvalue weighted by atomic mass is 16.5. The van der Waals surface area contributed by atoms with Crippen LogP contribution in [-0.2, 0) is 4.74 Å². The van der Waals surface area contributed by atoms with Gasteiger partial charge in [-0.3, -0.25) is 0 Å². The minimum absolute atomic E-state index is 0.411. The zero-order valence-corrected chi connectivity index (χ0v) is 11.5. The highest BCUT2D eigenvalue weighted by molar-refractivity contribution is 5.93. The zero-order chi connectivity index (χ0) is 14.1. The molecule has 1 aliphatic carbocycles. The van der Waals surface area contributed by atoms with Gasteiger partial charge in [-0.1, -0.05) is 0 Å². The maximum Gasteiger partial charge on any atom is 0.341 e. The van der Waals surface area contributed by atoms with E-state index >= 15 is 0 Å². The average Bonchev–Trinajstić information content (AvgIpc) is 3.23. The number of imidazole rings is 1. The molecule has 0 N–H and O–H groups in total. The Morgan fingerprint density at radius 3 is 2.80 bits per heavy atom. The molecule has 0 spiro atoms. The van der Waals surface area contributed by atoms with Crippen molar-refractivity contribution in [1.29, 1.82) is 0 Å². The summed E-state index contributed by atoms with van der Waals surface area (Å²) in [4.78, 5) is 16.2. The molecule has 0 unspecified atom stereocenters. The number of esters is 1. The molecule has 0 radical (unpaired) electrons. The molecule has 1 saturated carbocycles. The van der Waals surface area contributed by atoms with E-state index in [-0.39, 0.29) is 0 Å². The molecule has 1 aromatic heterocycles. The van der Waals surface area contributed by atoms with Gasteiger partial charge in [-0.2, -0.15) is 0 Å². The van der Waals surface area contributed by atoms with Gasteiger partial charge in [0.2, 0.25) is 0 Å². The van der Waals surface area contributed by atoms with E-state index in [1.807, 2.05) is 16.8 Å². The lowest BCUT2D eigenvalue weighted by Gasteiger charge is -2.09. The summed E-state index contributed by atoms with van der Waals surface area (Å²) in [5.74, 6) is 0.698. The highest BCUT2D eigenvalue weighted by Gasteiger charge is 2.26. The van der Waals surface area contributed by atoms with Crippen LogP contribution in [0.2, 0.25) is 0 Å². The molecule has 20 heavy (non-hydrogen) atoms. The molecule has 0 saturated heterocycles. The Hall–Kier alpha value is -2.30. The van der Waals surface area contributed by atoms with Crippen LogP contribution in [0.1, 0.15) is 34.8 Å². The number of carbonyl (C=O) groups is 1. The number of nitrogens with zero attached hydrogens (tertiary/aromatic N) is 2. The Bertz CT molecular complexity index is 644. The fraction of sp³-hybridized carbons (Fsp3) is 0.333. The predicted octanol–water partition coefficient (Wildman–Crippen LogP) is 2.54. The first kappa shape index (κ1) is 12.7. The van der Waals surface area contributed by atoms with Crippen molar-refractivity contribution in [2.75, 3.05) is 14.2 Å². The van der Waals surface area contributed by atoms with Gasteiger partial charge < -0.3 is 14.0 Å². The van der Waals surface area contributed by atoms with E-state index < -0.39 is 5.97 Å². The largest absolute Gasteiger partial charge is 0.496 e. The lowest BCUT2D eigenvalue weighted by atomic mass is 10.1. The maximum atomic E-state index is 11.8. The van der Waals surface area contributed by atoms with E-state index in [0.717, 1.165) is 11.4 Å². The van der Waals surface area contributed by atoms with Crippen LogP contribution in [0.4, 0.5) is 0 Å². The number of aromatic nitrogens is 2. The van der Waals surface area contributed by atoms with Gasteiger partial charge in [-0.25, -0.2) is 9.78 Å². The van der Waals surface area contributed by atoms with Crippen LogP contribution in [0.25, 0.3) is 5.69 Å². The number of hydrogen-bond acceptors (Lipinski definition) is 4. The van der Waals surface area contributed by atoms with Gasteiger partial charge in [0.1, 0.15) is 11.3 Å². The number of methoxy groups -OCH3 is 2. The summed E-state index contributed by atoms with van der Waals surface area (Å²) in [6, 6.07) is 5.41. The van der Waals surface area contributed by atoms with Gasteiger partial charge >= 0.3 is 5.97 Å². The Morgan fingerprint density at radius 1 is 1.35 bits per heavy atom. The molecule has 0 aliphatic heterocycles. The second kappa shape index (κ2) is 5.00. The van der Waals surface area contributed by atoms with E-state index in [9.17, 15) is 4.79 Å². The van der Waals surface area contributed by atoms with E-state index in [0.29, 0.717) is 17.2 Å². The van der Waals surface area contributed by atoms with Crippen LogP contribution >= 0.6 is 0 Å². The normalized spacial score (nSPS) is 14.1. The molecule has 0 atom stereocenters. The first-order valence-electron chi connectivity index (χ1n) is 6.53. The molecule has 5 heteroatoms. The van der Waals surface area contributed by atoms with Crippen molar-refractivity contribution in [3.63, 3.8) is 0 Å². The summed E-state index contributed by atoms with van der Waals surface area (Å²) in [7, 11) is 2.89. The summed E-state index contributed by atoms with van der Waals surface area (Å²) in [5.41, 5.74) is 2.39. The number of carbonyl (C=O) groups excluding carboxylic acids is 1. The van der Waals surface area contributed by atoms with Crippen molar-refractivity contribution in [1.82, 2.24) is 9.55 Å². The Morgan fingerprint density at radius 2 is 2.15 bits per heavy atom. The summed E-state index contributed by atoms with van der Waals surface area (Å²) in [5, 5.41) is 0. The molecule has 2 aromatic rings. The standard InChI is InChI=1S/C15H16N2O3/c1-19-14-6-5-11(7-12(14)15(18)20-2)17-8-13(16-9-17)10-3-4-10/h5-10H,3-4H2,1-2H3. The fourth-order valence-corrected chi connectivity index (χ4v) is 2.20. The second-order valence-corrected chi connectivity index (χ2v) is 4.86. The first-order chi connectivity index (χ1) is 9.72. The van der Waals surface area contributed by atoms with Crippen molar-refractivity contribution >= 4 is 5.97 Å². The van der Waals surface area contributed by atoms with Crippen LogP contribution in [0.3, 0.4) is 0 Å². The minimum atomic E-state index is -0.411. The van der Waals surface area contributed by atoms with Crippen LogP contribution in [0.15, 0.2) is 30.7 Å². The van der Waals surface area contributed by atoms with Gasteiger partial charge in [0.25, 0.3) is 0 Å². The molecular weight excluding hydrogens is 256 g/mol. The molecule has 104 valence electrons. The van der Waals surface area contributed by atoms with E-state index in [1.54, 1.807) is 18.5 Å². The molecule has 5 nitrogen and oxygen atoms in total. The van der Waals surface area contributed by atoms with Crippen molar-refractivity contribution in [3.8, 4) is 11.4 Å². The lowest BCUT2D eigenvalue weighted by molar-refractivity contribution is 0.0597. The third kappa shape index (κ3) is 2.27. The van der Waals surface area contributed by atoms with Gasteiger partial charge in [-0.05, 0) is 31.0 Å². The molecule has 1 aromatic carbocycles. The maximum absolute atomic E-state index is 11.8. The SMILES string of the molecule is COC(=O)c1cc(-n2cnc(C3CC3)c2)ccc1OC. The monoisotopic (exact) mass is 272 g/mol. The van der Waals surface area contributed by atoms with Crippen molar-refractivity contribution < 1.29 is 14.3 Å². The summed E-state index contributed by atoms with van der Waals surface area (Å²) in [6.07, 6.45) is 6.22. The predicted molar refractivity (Wildman–Crippen MR) is 73.4 cm³/mol. The van der Waals surface area contributed by atoms with Gasteiger partial charge in [-0.15, -0.1) is 0 Å². The number of hydrogen-bond donors (Lipinski definition) is 0. The van der Waals surface area contributed by atoms with E-state index in [2.05, 4.69) is 4.98 Å². The Balaban J connectivity index is 1.97. The topological polar surface area (TPSA) is 53.4 Å². The van der Waals surface area contributed by atoms with E-state index in [4.69, 9.17) is 9.47 Å². The zero-order valence-electron chi connectivity index (χ0n) is 11.5. The smallest absolute Gasteiger partial charge is 0.341 e. The molecule has 3 rings (SSSR count). The Labute approximate surface area is 117 Å². The van der Waals surface area contributed by atoms with Crippen molar-refractivity contribution in [2.45, 2.75) is 18.8 Å². The molecule has 0 bridgehead atoms. The quantitative estimate of drug-likeness (QED) is 0.803. The fourth-order valence-electron chi connectivity index (χ4n) is 2.20. The number of rotatable bonds is 4. The van der Waals surface area contributed by atoms with Crippen molar-refractivity contribution in [2.24, 2.45) is 0 Å². The lowest BCUT2D eigenvalue weighted by Crippen LogP contribution is -2.05. The van der Waals surface area contributed by atoms with Crippen LogP contribution < -0.4 is 4.74 Å². The molecule has 1 fully saturated rings. The summed E-state index contributed by atoms with van der Waals surface area (Å²) in [6.45, 7) is 0. The molecule has 1 heterocycles. The summed E-state index contributed by atoms with van der Waals surface area (Å²) < 4.78 is 11.9. The third-order valence-electron chi connectivity index (χ3n) is 3.48. The molecule has 0 amide bonds. The Kier molecular flexibility index (Phi) is 3.18. The van der Waals surface area contributed by atoms with Crippen LogP contribution in [0, 0.1) is 0 Å². The third-order valence-corrected chi connectivity index (χ3v) is 3.48. The van der Waals surface area contributed by atoms with Crippen LogP contribution in [-0.4, -0.2) is 29.7 Å². The summed E-state index contributed by atoms with van der Waals surface area (Å²) >= 11 is 0. The minimum Gasteiger partial charge on any atom is -0.496 e. The van der Waals surface area contributed by atoms with Crippen molar-refractivity contribution in [3.05, 3.63) is 42.0 Å². The second-order valence-electron chi connectivity index (χ2n) is 4.86. The first-order valence-corrected chi connectivity index (χ1v) is 6.53. The highest BCUT2D eigenvalue weighted by Crippen LogP contribution is 2.39. The number of benzene rings is 1. The van der Waals surface area contributed by atoms with Gasteiger partial charge in [0, 0.05) is 17.8 Å². The van der Waals surface area contributed by atoms with Crippen LogP contribution in [0.5, 0.6) is 5.75 Å². The molecular formula is C15H16N2O3. The van der Waals surface area contributed by atoms with Gasteiger partial charge in [0.05, 0.1) is 26.2 Å².